The highest BCUT2D eigenvalue weighted by Gasteiger charge is 2.11. The number of hydrogen-bond acceptors (Lipinski definition) is 4. The van der Waals surface area contributed by atoms with Crippen molar-refractivity contribution in [1.29, 1.82) is 0 Å². The first-order chi connectivity index (χ1) is 19.9. The Morgan fingerprint density at radius 3 is 1.78 bits per heavy atom. The monoisotopic (exact) mass is 536 g/mol. The summed E-state index contributed by atoms with van der Waals surface area (Å²) in [5, 5.41) is 11.3. The second kappa shape index (κ2) is 10.9. The van der Waals surface area contributed by atoms with Crippen LogP contribution in [0.4, 0.5) is 27.5 Å². The first-order valence-corrected chi connectivity index (χ1v) is 13.4. The molecular formula is C35H28N4O2. The van der Waals surface area contributed by atoms with Crippen molar-refractivity contribution >= 4 is 56.4 Å². The molecule has 0 aliphatic heterocycles. The number of para-hydroxylation sites is 1. The number of nitrogens with one attached hydrogen (secondary N) is 3. The van der Waals surface area contributed by atoms with E-state index in [0.29, 0.717) is 22.5 Å². The summed E-state index contributed by atoms with van der Waals surface area (Å²) in [6.07, 6.45) is 0. The average Bonchev–Trinajstić information content (AvgIpc) is 2.98. The summed E-state index contributed by atoms with van der Waals surface area (Å²) in [6.45, 7) is 4.06. The molecule has 0 aliphatic rings. The van der Waals surface area contributed by atoms with Gasteiger partial charge in [0.2, 0.25) is 0 Å². The van der Waals surface area contributed by atoms with E-state index in [9.17, 15) is 9.59 Å². The molecule has 0 unspecified atom stereocenters. The second-order valence-electron chi connectivity index (χ2n) is 10.1. The van der Waals surface area contributed by atoms with Gasteiger partial charge in [0.1, 0.15) is 0 Å². The first-order valence-electron chi connectivity index (χ1n) is 13.4. The second-order valence-corrected chi connectivity index (χ2v) is 10.1. The van der Waals surface area contributed by atoms with Crippen LogP contribution in [-0.4, -0.2) is 16.8 Å². The lowest BCUT2D eigenvalue weighted by atomic mass is 10.0. The number of hydrogen-bond donors (Lipinski definition) is 3. The molecule has 0 atom stereocenters. The largest absolute Gasteiger partial charge is 0.354 e. The molecule has 6 nitrogen and oxygen atoms in total. The number of carbonyl (C=O) groups excluding carboxylic acids is 2. The lowest BCUT2D eigenvalue weighted by Crippen LogP contribution is -2.19. The Morgan fingerprint density at radius 1 is 0.561 bits per heavy atom. The van der Waals surface area contributed by atoms with Gasteiger partial charge in [0.25, 0.3) is 0 Å². The quantitative estimate of drug-likeness (QED) is 0.147. The standard InChI is InChI=1S/C35H28N4O2/c1-22-7-10-24(11-8-22)34(40)25-12-14-27(15-13-25)37-35(41)38-28-18-16-26(17-19-28)36-33-29-5-3-4-6-31(29)39-32-20-9-23(2)21-30(32)33/h3-21H,1-2H3,(H,36,39)(H2,37,38,41). The van der Waals surface area contributed by atoms with Crippen LogP contribution in [0.5, 0.6) is 0 Å². The maximum Gasteiger partial charge on any atom is 0.323 e. The van der Waals surface area contributed by atoms with Crippen LogP contribution >= 0.6 is 0 Å². The van der Waals surface area contributed by atoms with E-state index >= 15 is 0 Å². The van der Waals surface area contributed by atoms with Crippen molar-refractivity contribution in [2.45, 2.75) is 13.8 Å². The Hall–Kier alpha value is -5.49. The topological polar surface area (TPSA) is 83.1 Å². The molecular weight excluding hydrogens is 508 g/mol. The molecule has 0 bridgehead atoms. The fraction of sp³-hybridized carbons (Fsp3) is 0.0571. The van der Waals surface area contributed by atoms with Crippen LogP contribution in [0.1, 0.15) is 27.0 Å². The summed E-state index contributed by atoms with van der Waals surface area (Å²) in [6, 6.07) is 35.9. The van der Waals surface area contributed by atoms with Gasteiger partial charge in [-0.1, -0.05) is 59.7 Å². The number of aromatic nitrogens is 1. The number of amides is 2. The molecule has 0 saturated carbocycles. The Morgan fingerprint density at radius 2 is 1.10 bits per heavy atom. The zero-order chi connectivity index (χ0) is 28.3. The van der Waals surface area contributed by atoms with Crippen molar-refractivity contribution in [3.05, 3.63) is 138 Å². The Labute approximate surface area is 238 Å². The third-order valence-corrected chi connectivity index (χ3v) is 6.97. The van der Waals surface area contributed by atoms with Gasteiger partial charge < -0.3 is 16.0 Å². The molecule has 0 fully saturated rings. The fourth-order valence-corrected chi connectivity index (χ4v) is 4.79. The normalized spacial score (nSPS) is 10.9. The fourth-order valence-electron chi connectivity index (χ4n) is 4.79. The van der Waals surface area contributed by atoms with Crippen LogP contribution in [0.3, 0.4) is 0 Å². The van der Waals surface area contributed by atoms with Gasteiger partial charge >= 0.3 is 6.03 Å². The van der Waals surface area contributed by atoms with Gasteiger partial charge in [0.05, 0.1) is 16.7 Å². The average molecular weight is 537 g/mol. The number of benzene rings is 5. The molecule has 6 rings (SSSR count). The van der Waals surface area contributed by atoms with E-state index in [1.807, 2.05) is 79.7 Å². The summed E-state index contributed by atoms with van der Waals surface area (Å²) in [7, 11) is 0. The number of urea groups is 1. The highest BCUT2D eigenvalue weighted by molar-refractivity contribution is 6.10. The van der Waals surface area contributed by atoms with E-state index < -0.39 is 0 Å². The summed E-state index contributed by atoms with van der Waals surface area (Å²) in [5.41, 5.74) is 8.45. The molecule has 0 spiro atoms. The number of rotatable bonds is 6. The zero-order valence-corrected chi connectivity index (χ0v) is 22.7. The van der Waals surface area contributed by atoms with Gasteiger partial charge in [-0.05, 0) is 80.6 Å². The summed E-state index contributed by atoms with van der Waals surface area (Å²) in [5.74, 6) is -0.0578. The number of nitrogens with zero attached hydrogens (tertiary/aromatic N) is 1. The molecule has 3 N–H and O–H groups in total. The maximum absolute atomic E-state index is 12.7. The minimum Gasteiger partial charge on any atom is -0.354 e. The highest BCUT2D eigenvalue weighted by Crippen LogP contribution is 2.34. The molecule has 1 aromatic heterocycles. The van der Waals surface area contributed by atoms with Crippen molar-refractivity contribution in [3.8, 4) is 0 Å². The van der Waals surface area contributed by atoms with E-state index in [4.69, 9.17) is 4.98 Å². The number of fused-ring (bicyclic) bond motifs is 2. The van der Waals surface area contributed by atoms with Crippen LogP contribution < -0.4 is 16.0 Å². The molecule has 1 heterocycles. The molecule has 5 aromatic carbocycles. The van der Waals surface area contributed by atoms with E-state index in [1.165, 1.54) is 0 Å². The van der Waals surface area contributed by atoms with Crippen LogP contribution in [0, 0.1) is 13.8 Å². The zero-order valence-electron chi connectivity index (χ0n) is 22.7. The van der Waals surface area contributed by atoms with Gasteiger partial charge in [-0.3, -0.25) is 4.79 Å². The summed E-state index contributed by atoms with van der Waals surface area (Å²) in [4.78, 5) is 30.2. The van der Waals surface area contributed by atoms with Crippen molar-refractivity contribution in [1.82, 2.24) is 4.98 Å². The van der Waals surface area contributed by atoms with Crippen molar-refractivity contribution in [2.75, 3.05) is 16.0 Å². The molecule has 6 aromatic rings. The number of ketones is 1. The number of pyridine rings is 1. The Balaban J connectivity index is 1.13. The highest BCUT2D eigenvalue weighted by atomic mass is 16.2. The van der Waals surface area contributed by atoms with E-state index in [0.717, 1.165) is 44.3 Å². The van der Waals surface area contributed by atoms with Gasteiger partial charge in [0, 0.05) is 39.0 Å². The Bertz CT molecular complexity index is 1900. The number of anilines is 4. The van der Waals surface area contributed by atoms with E-state index in [2.05, 4.69) is 41.1 Å². The van der Waals surface area contributed by atoms with Crippen LogP contribution in [0.15, 0.2) is 115 Å². The minimum absolute atomic E-state index is 0.0578. The lowest BCUT2D eigenvalue weighted by molar-refractivity contribution is 0.103. The SMILES string of the molecule is Cc1ccc(C(=O)c2ccc(NC(=O)Nc3ccc(Nc4c5ccccc5nc5ccc(C)cc45)cc3)cc2)cc1. The van der Waals surface area contributed by atoms with Crippen molar-refractivity contribution in [2.24, 2.45) is 0 Å². The number of carbonyl (C=O) groups is 2. The summed E-state index contributed by atoms with van der Waals surface area (Å²) >= 11 is 0. The van der Waals surface area contributed by atoms with Gasteiger partial charge in [-0.15, -0.1) is 0 Å². The van der Waals surface area contributed by atoms with E-state index in [-0.39, 0.29) is 11.8 Å². The van der Waals surface area contributed by atoms with Crippen molar-refractivity contribution in [3.63, 3.8) is 0 Å². The molecule has 2 amide bonds. The van der Waals surface area contributed by atoms with Crippen LogP contribution in [-0.2, 0) is 0 Å². The van der Waals surface area contributed by atoms with Crippen LogP contribution in [0.25, 0.3) is 21.8 Å². The Kier molecular flexibility index (Phi) is 6.88. The molecule has 0 radical (unpaired) electrons. The minimum atomic E-state index is -0.370. The van der Waals surface area contributed by atoms with Gasteiger partial charge in [-0.2, -0.15) is 0 Å². The predicted molar refractivity (Wildman–Crippen MR) is 167 cm³/mol. The van der Waals surface area contributed by atoms with E-state index in [1.54, 1.807) is 24.3 Å². The lowest BCUT2D eigenvalue weighted by Gasteiger charge is -2.14. The molecule has 0 aliphatic carbocycles. The molecule has 41 heavy (non-hydrogen) atoms. The number of aryl methyl sites for hydroxylation is 2. The first kappa shape index (κ1) is 25.8. The molecule has 0 saturated heterocycles. The summed E-state index contributed by atoms with van der Waals surface area (Å²) < 4.78 is 0. The van der Waals surface area contributed by atoms with Gasteiger partial charge in [-0.25, -0.2) is 9.78 Å². The maximum atomic E-state index is 12.7. The van der Waals surface area contributed by atoms with Crippen molar-refractivity contribution < 1.29 is 9.59 Å². The third kappa shape index (κ3) is 5.63. The third-order valence-electron chi connectivity index (χ3n) is 6.97. The molecule has 6 heteroatoms. The van der Waals surface area contributed by atoms with Crippen LogP contribution in [0.2, 0.25) is 0 Å². The predicted octanol–water partition coefficient (Wildman–Crippen LogP) is 8.62. The smallest absolute Gasteiger partial charge is 0.323 e. The van der Waals surface area contributed by atoms with Gasteiger partial charge in [0.15, 0.2) is 5.78 Å². The molecule has 200 valence electrons.